The van der Waals surface area contributed by atoms with E-state index in [0.29, 0.717) is 76.6 Å². The minimum absolute atomic E-state index is 0.00550. The highest BCUT2D eigenvalue weighted by Gasteiger charge is 2.30. The number of carbonyl (C=O) groups excluding carboxylic acids is 2. The second-order valence-electron chi connectivity index (χ2n) is 16.1. The number of hydrogen-bond donors (Lipinski definition) is 3. The van der Waals surface area contributed by atoms with Crippen molar-refractivity contribution in [1.82, 2.24) is 19.9 Å². The molecule has 0 bridgehead atoms. The molecular formula is C49H40Cl2F5N9O6. The first-order valence-corrected chi connectivity index (χ1v) is 22.1. The number of aromatic nitrogens is 4. The molecule has 22 heteroatoms. The van der Waals surface area contributed by atoms with Crippen molar-refractivity contribution >= 4 is 58.0 Å². The molecule has 366 valence electrons. The standard InChI is InChI=1S/C25H21ClF2N4O4.C24H19ClF3N5O2/c1-3-15-10-16(12-30-24(15)35-2)21-11-17(13-29-22(21)32-9-8-19(33)14-32)23(34)31-18-4-6-20(7-5-18)36-25(26,27)28;1-14-6-7-33(13-14)22-20(19-9-16(26)12-30-21(19)10-29)8-15(11-31-22)23(34)32-17-2-4-18(5-3-17)35-24(25,27)28/h1,4-7,10-13,19,33H,8-9,14H2,2H3,(H,31,34);2-5,8-9,11-12,14H,6-7,13H2,1H3,(H,32,34)/t19-;14-/m11/s1. The monoisotopic (exact) mass is 1020 g/mol. The van der Waals surface area contributed by atoms with Crippen LogP contribution in [0.25, 0.3) is 22.3 Å². The number of alkyl halides is 6. The second-order valence-corrected chi connectivity index (χ2v) is 16.9. The normalized spacial score (nSPS) is 15.4. The maximum absolute atomic E-state index is 14.1. The molecule has 0 spiro atoms. The Hall–Kier alpha value is -7.78. The maximum Gasteiger partial charge on any atom is 0.487 e. The van der Waals surface area contributed by atoms with Gasteiger partial charge in [0.2, 0.25) is 5.88 Å². The molecule has 2 amide bonds. The van der Waals surface area contributed by atoms with E-state index >= 15 is 0 Å². The third-order valence-electron chi connectivity index (χ3n) is 10.9. The third-order valence-corrected chi connectivity index (χ3v) is 11.1. The lowest BCUT2D eigenvalue weighted by molar-refractivity contribution is -0.0972. The number of terminal acetylenes is 1. The van der Waals surface area contributed by atoms with Gasteiger partial charge < -0.3 is 39.8 Å². The summed E-state index contributed by atoms with van der Waals surface area (Å²) >= 11 is 9.52. The lowest BCUT2D eigenvalue weighted by atomic mass is 10.0. The number of methoxy groups -OCH3 is 1. The van der Waals surface area contributed by atoms with E-state index in [-0.39, 0.29) is 33.9 Å². The molecule has 2 saturated heterocycles. The van der Waals surface area contributed by atoms with Gasteiger partial charge in [-0.2, -0.15) is 5.26 Å². The first-order chi connectivity index (χ1) is 33.8. The minimum atomic E-state index is -3.85. The predicted octanol–water partition coefficient (Wildman–Crippen LogP) is 9.55. The van der Waals surface area contributed by atoms with E-state index in [1.807, 2.05) is 15.9 Å². The van der Waals surface area contributed by atoms with E-state index in [2.05, 4.69) is 52.9 Å². The van der Waals surface area contributed by atoms with Gasteiger partial charge in [-0.25, -0.2) is 24.3 Å². The third kappa shape index (κ3) is 13.3. The number of amides is 2. The van der Waals surface area contributed by atoms with Crippen LogP contribution in [0.5, 0.6) is 17.4 Å². The van der Waals surface area contributed by atoms with Crippen LogP contribution >= 0.6 is 23.2 Å². The molecule has 6 heterocycles. The Morgan fingerprint density at radius 1 is 0.761 bits per heavy atom. The number of benzene rings is 2. The predicted molar refractivity (Wildman–Crippen MR) is 255 cm³/mol. The van der Waals surface area contributed by atoms with Crippen LogP contribution in [0.15, 0.2) is 97.6 Å². The largest absolute Gasteiger partial charge is 0.487 e. The Bertz CT molecular complexity index is 3000. The average molecular weight is 1020 g/mol. The van der Waals surface area contributed by atoms with Crippen LogP contribution in [0.4, 0.5) is 45.0 Å². The number of hydrogen-bond acceptors (Lipinski definition) is 13. The number of nitrogens with one attached hydrogen (secondary N) is 2. The average Bonchev–Trinajstić information content (AvgIpc) is 3.99. The number of carbonyl (C=O) groups is 2. The van der Waals surface area contributed by atoms with Gasteiger partial charge in [0, 0.05) is 102 Å². The Morgan fingerprint density at radius 2 is 1.30 bits per heavy atom. The summed E-state index contributed by atoms with van der Waals surface area (Å²) in [5.74, 6) is 2.36. The fourth-order valence-electron chi connectivity index (χ4n) is 7.63. The van der Waals surface area contributed by atoms with E-state index in [9.17, 15) is 41.9 Å². The highest BCUT2D eigenvalue weighted by atomic mass is 35.5. The van der Waals surface area contributed by atoms with Gasteiger partial charge in [-0.3, -0.25) is 9.59 Å². The molecule has 2 aliphatic rings. The zero-order chi connectivity index (χ0) is 51.0. The molecule has 6 aromatic rings. The summed E-state index contributed by atoms with van der Waals surface area (Å²) < 4.78 is 79.0. The van der Waals surface area contributed by atoms with E-state index < -0.39 is 34.9 Å². The molecule has 8 rings (SSSR count). The number of ether oxygens (including phenoxy) is 3. The Morgan fingerprint density at radius 3 is 1.77 bits per heavy atom. The minimum Gasteiger partial charge on any atom is -0.480 e. The smallest absolute Gasteiger partial charge is 0.480 e. The van der Waals surface area contributed by atoms with Crippen molar-refractivity contribution in [3.63, 3.8) is 0 Å². The van der Waals surface area contributed by atoms with Crippen LogP contribution in [0.1, 0.15) is 51.7 Å². The van der Waals surface area contributed by atoms with Crippen molar-refractivity contribution in [2.45, 2.75) is 37.0 Å². The maximum atomic E-state index is 14.1. The molecule has 2 aromatic carbocycles. The van der Waals surface area contributed by atoms with Crippen molar-refractivity contribution in [2.24, 2.45) is 5.92 Å². The first kappa shape index (κ1) is 51.1. The number of halogens is 7. The molecule has 4 aromatic heterocycles. The van der Waals surface area contributed by atoms with Crippen molar-refractivity contribution in [3.8, 4) is 58.0 Å². The zero-order valence-corrected chi connectivity index (χ0v) is 39.0. The summed E-state index contributed by atoms with van der Waals surface area (Å²) in [7, 11) is 1.46. The van der Waals surface area contributed by atoms with Crippen LogP contribution in [-0.2, 0) is 0 Å². The molecule has 3 N–H and O–H groups in total. The summed E-state index contributed by atoms with van der Waals surface area (Å²) in [5.41, 5.74) is -4.36. The van der Waals surface area contributed by atoms with Gasteiger partial charge in [0.25, 0.3) is 11.8 Å². The molecule has 2 aliphatic heterocycles. The van der Waals surface area contributed by atoms with Crippen LogP contribution in [-0.4, -0.2) is 87.4 Å². The van der Waals surface area contributed by atoms with Crippen molar-refractivity contribution in [1.29, 1.82) is 5.26 Å². The number of nitrogens with zero attached hydrogens (tertiary/aromatic N) is 7. The Balaban J connectivity index is 0.000000209. The Kier molecular flexibility index (Phi) is 15.7. The number of aliphatic hydroxyl groups is 1. The molecule has 71 heavy (non-hydrogen) atoms. The van der Waals surface area contributed by atoms with E-state index in [4.69, 9.17) is 34.4 Å². The summed E-state index contributed by atoms with van der Waals surface area (Å²) in [6.45, 7) is 4.55. The lowest BCUT2D eigenvalue weighted by Crippen LogP contribution is -2.23. The molecule has 15 nitrogen and oxygen atoms in total. The van der Waals surface area contributed by atoms with Crippen molar-refractivity contribution in [2.75, 3.05) is 53.7 Å². The zero-order valence-electron chi connectivity index (χ0n) is 37.5. The van der Waals surface area contributed by atoms with Crippen LogP contribution in [0.2, 0.25) is 0 Å². The van der Waals surface area contributed by atoms with Crippen LogP contribution in [0, 0.1) is 35.4 Å². The number of pyridine rings is 4. The number of β-amino-alcohol motifs (C(OH)–C–C–N with tert-alkyl or cyclic N) is 1. The molecular weight excluding hydrogens is 976 g/mol. The number of nitriles is 1. The topological polar surface area (TPSA) is 188 Å². The van der Waals surface area contributed by atoms with Gasteiger partial charge in [0.15, 0.2) is 0 Å². The number of aliphatic hydroxyl groups excluding tert-OH is 1. The van der Waals surface area contributed by atoms with Gasteiger partial charge in [-0.1, -0.05) is 12.8 Å². The van der Waals surface area contributed by atoms with Gasteiger partial charge in [-0.15, -0.1) is 24.0 Å². The molecule has 2 fully saturated rings. The van der Waals surface area contributed by atoms with E-state index in [0.717, 1.165) is 25.7 Å². The van der Waals surface area contributed by atoms with Gasteiger partial charge in [0.05, 0.1) is 36.1 Å². The van der Waals surface area contributed by atoms with Gasteiger partial charge >= 0.3 is 11.1 Å². The van der Waals surface area contributed by atoms with Gasteiger partial charge in [0.1, 0.15) is 40.7 Å². The number of anilines is 4. The Labute approximate surface area is 413 Å². The SMILES string of the molecule is C#Cc1cc(-c2cc(C(=O)Nc3ccc(OC(F)(F)Cl)cc3)cnc2N2CC[C@@H](O)C2)cnc1OC.C[C@@H]1CCN(c2ncc(C(=O)Nc3ccc(OC(F)(F)Cl)cc3)cc2-c2cc(F)cnc2C#N)C1. The van der Waals surface area contributed by atoms with Crippen LogP contribution in [0.3, 0.4) is 0 Å². The summed E-state index contributed by atoms with van der Waals surface area (Å²) in [6, 6.07) is 18.5. The quantitative estimate of drug-likeness (QED) is 0.0564. The molecule has 0 radical (unpaired) electrons. The van der Waals surface area contributed by atoms with Gasteiger partial charge in [-0.05, 0) is 91.6 Å². The highest BCUT2D eigenvalue weighted by Crippen LogP contribution is 2.37. The fraction of sp³-hybridized carbons (Fsp3) is 0.245. The fourth-order valence-corrected chi connectivity index (χ4v) is 7.80. The number of rotatable bonds is 13. The molecule has 0 aliphatic carbocycles. The summed E-state index contributed by atoms with van der Waals surface area (Å²) in [6.07, 6.45) is 12.0. The second kappa shape index (κ2) is 21.9. The summed E-state index contributed by atoms with van der Waals surface area (Å²) in [5, 5.41) is 24.9. The lowest BCUT2D eigenvalue weighted by Gasteiger charge is -2.21. The highest BCUT2D eigenvalue weighted by molar-refractivity contribution is 6.21. The van der Waals surface area contributed by atoms with Crippen molar-refractivity contribution in [3.05, 3.63) is 126 Å². The van der Waals surface area contributed by atoms with E-state index in [1.165, 1.54) is 80.2 Å². The molecule has 2 atom stereocenters. The van der Waals surface area contributed by atoms with E-state index in [1.54, 1.807) is 18.3 Å². The molecule has 0 saturated carbocycles. The first-order valence-electron chi connectivity index (χ1n) is 21.4. The van der Waals surface area contributed by atoms with Crippen molar-refractivity contribution < 1.29 is 50.9 Å². The van der Waals surface area contributed by atoms with Crippen LogP contribution < -0.4 is 34.6 Å². The summed E-state index contributed by atoms with van der Waals surface area (Å²) in [4.78, 5) is 47.0. The molecule has 0 unspecified atom stereocenters.